The summed E-state index contributed by atoms with van der Waals surface area (Å²) < 4.78 is 5.89. The van der Waals surface area contributed by atoms with Gasteiger partial charge in [0.15, 0.2) is 0 Å². The topological polar surface area (TPSA) is 55.3 Å². The SMILES string of the molecule is Cc1cccc(CC(=O)N2CCCC(Oc3ccc(C)nn3)C2)c1. The number of benzene rings is 1. The molecule has 1 aromatic carbocycles. The summed E-state index contributed by atoms with van der Waals surface area (Å²) in [6, 6.07) is 11.8. The van der Waals surface area contributed by atoms with Crippen LogP contribution >= 0.6 is 0 Å². The quantitative estimate of drug-likeness (QED) is 0.867. The first-order chi connectivity index (χ1) is 11.6. The lowest BCUT2D eigenvalue weighted by atomic mass is 10.1. The van der Waals surface area contributed by atoms with Crippen LogP contribution in [0.4, 0.5) is 0 Å². The van der Waals surface area contributed by atoms with Crippen LogP contribution in [0.3, 0.4) is 0 Å². The lowest BCUT2D eigenvalue weighted by Crippen LogP contribution is -2.45. The molecule has 1 aromatic heterocycles. The van der Waals surface area contributed by atoms with E-state index in [1.165, 1.54) is 5.56 Å². The minimum absolute atomic E-state index is 0.0165. The first-order valence-corrected chi connectivity index (χ1v) is 8.40. The average molecular weight is 325 g/mol. The zero-order valence-electron chi connectivity index (χ0n) is 14.2. The standard InChI is InChI=1S/C19H23N3O2/c1-14-5-3-6-16(11-14)12-19(23)22-10-4-7-17(13-22)24-18-9-8-15(2)20-21-18/h3,5-6,8-9,11,17H,4,7,10,12-13H2,1-2H3. The summed E-state index contributed by atoms with van der Waals surface area (Å²) in [5, 5.41) is 8.05. The Bertz CT molecular complexity index is 700. The number of aryl methyl sites for hydroxylation is 2. The number of likely N-dealkylation sites (tertiary alicyclic amines) is 1. The van der Waals surface area contributed by atoms with E-state index in [9.17, 15) is 4.79 Å². The summed E-state index contributed by atoms with van der Waals surface area (Å²) >= 11 is 0. The summed E-state index contributed by atoms with van der Waals surface area (Å²) in [7, 11) is 0. The van der Waals surface area contributed by atoms with Crippen LogP contribution in [0.2, 0.25) is 0 Å². The monoisotopic (exact) mass is 325 g/mol. The Balaban J connectivity index is 1.58. The van der Waals surface area contributed by atoms with E-state index in [1.54, 1.807) is 0 Å². The van der Waals surface area contributed by atoms with Crippen LogP contribution in [0.5, 0.6) is 5.88 Å². The smallest absolute Gasteiger partial charge is 0.233 e. The van der Waals surface area contributed by atoms with Crippen molar-refractivity contribution in [1.29, 1.82) is 0 Å². The number of aromatic nitrogens is 2. The van der Waals surface area contributed by atoms with Gasteiger partial charge in [0.25, 0.3) is 0 Å². The third kappa shape index (κ3) is 4.31. The highest BCUT2D eigenvalue weighted by molar-refractivity contribution is 5.79. The number of amides is 1. The van der Waals surface area contributed by atoms with Crippen molar-refractivity contribution in [3.63, 3.8) is 0 Å². The summed E-state index contributed by atoms with van der Waals surface area (Å²) in [5.74, 6) is 0.683. The molecule has 0 aliphatic carbocycles. The van der Waals surface area contributed by atoms with Crippen LogP contribution in [0.1, 0.15) is 29.7 Å². The molecule has 1 amide bonds. The molecule has 1 atom stereocenters. The van der Waals surface area contributed by atoms with Gasteiger partial charge in [0.2, 0.25) is 11.8 Å². The summed E-state index contributed by atoms with van der Waals surface area (Å²) in [5.41, 5.74) is 3.10. The average Bonchev–Trinajstić information content (AvgIpc) is 2.57. The molecule has 0 spiro atoms. The Hall–Kier alpha value is -2.43. The number of piperidine rings is 1. The molecule has 5 heteroatoms. The predicted molar refractivity (Wildman–Crippen MR) is 91.9 cm³/mol. The van der Waals surface area contributed by atoms with E-state index in [4.69, 9.17) is 4.74 Å². The fourth-order valence-electron chi connectivity index (χ4n) is 2.99. The molecule has 1 unspecified atom stereocenters. The van der Waals surface area contributed by atoms with Gasteiger partial charge in [-0.15, -0.1) is 5.10 Å². The maximum Gasteiger partial charge on any atom is 0.233 e. The number of hydrogen-bond acceptors (Lipinski definition) is 4. The number of carbonyl (C=O) groups excluding carboxylic acids is 1. The van der Waals surface area contributed by atoms with Gasteiger partial charge in [-0.05, 0) is 38.3 Å². The van der Waals surface area contributed by atoms with Gasteiger partial charge in [0.1, 0.15) is 6.10 Å². The van der Waals surface area contributed by atoms with Gasteiger partial charge in [-0.2, -0.15) is 5.10 Å². The highest BCUT2D eigenvalue weighted by Gasteiger charge is 2.25. The molecular formula is C19H23N3O2. The van der Waals surface area contributed by atoms with Crippen molar-refractivity contribution in [2.24, 2.45) is 0 Å². The van der Waals surface area contributed by atoms with Gasteiger partial charge in [0, 0.05) is 12.6 Å². The zero-order chi connectivity index (χ0) is 16.9. The predicted octanol–water partition coefficient (Wildman–Crippen LogP) is 2.71. The largest absolute Gasteiger partial charge is 0.471 e. The Labute approximate surface area is 142 Å². The second-order valence-corrected chi connectivity index (χ2v) is 6.40. The Morgan fingerprint density at radius 2 is 2.12 bits per heavy atom. The van der Waals surface area contributed by atoms with E-state index in [0.717, 1.165) is 30.6 Å². The maximum atomic E-state index is 12.6. The molecule has 5 nitrogen and oxygen atoms in total. The van der Waals surface area contributed by atoms with Gasteiger partial charge < -0.3 is 9.64 Å². The van der Waals surface area contributed by atoms with Gasteiger partial charge in [-0.3, -0.25) is 4.79 Å². The molecule has 0 N–H and O–H groups in total. The second-order valence-electron chi connectivity index (χ2n) is 6.40. The van der Waals surface area contributed by atoms with Crippen molar-refractivity contribution in [3.05, 3.63) is 53.2 Å². The molecule has 0 radical (unpaired) electrons. The minimum Gasteiger partial charge on any atom is -0.471 e. The number of rotatable bonds is 4. The van der Waals surface area contributed by atoms with Crippen LogP contribution in [0.25, 0.3) is 0 Å². The van der Waals surface area contributed by atoms with E-state index >= 15 is 0 Å². The highest BCUT2D eigenvalue weighted by atomic mass is 16.5. The minimum atomic E-state index is -0.0165. The van der Waals surface area contributed by atoms with Crippen molar-refractivity contribution in [2.45, 2.75) is 39.2 Å². The molecule has 1 aliphatic heterocycles. The van der Waals surface area contributed by atoms with Crippen molar-refractivity contribution < 1.29 is 9.53 Å². The van der Waals surface area contributed by atoms with Gasteiger partial charge >= 0.3 is 0 Å². The molecule has 126 valence electrons. The highest BCUT2D eigenvalue weighted by Crippen LogP contribution is 2.17. The molecule has 1 fully saturated rings. The molecule has 2 heterocycles. The van der Waals surface area contributed by atoms with Crippen molar-refractivity contribution in [2.75, 3.05) is 13.1 Å². The number of carbonyl (C=O) groups is 1. The second kappa shape index (κ2) is 7.43. The van der Waals surface area contributed by atoms with E-state index in [-0.39, 0.29) is 12.0 Å². The van der Waals surface area contributed by atoms with E-state index in [0.29, 0.717) is 18.8 Å². The number of hydrogen-bond donors (Lipinski definition) is 0. The number of ether oxygens (including phenoxy) is 1. The van der Waals surface area contributed by atoms with Crippen LogP contribution in [0, 0.1) is 13.8 Å². The zero-order valence-corrected chi connectivity index (χ0v) is 14.2. The van der Waals surface area contributed by atoms with Crippen LogP contribution < -0.4 is 4.74 Å². The van der Waals surface area contributed by atoms with Crippen LogP contribution in [0.15, 0.2) is 36.4 Å². The Morgan fingerprint density at radius 3 is 2.88 bits per heavy atom. The molecule has 1 saturated heterocycles. The van der Waals surface area contributed by atoms with Gasteiger partial charge in [-0.1, -0.05) is 29.8 Å². The molecular weight excluding hydrogens is 302 g/mol. The molecule has 24 heavy (non-hydrogen) atoms. The van der Waals surface area contributed by atoms with Gasteiger partial charge in [-0.25, -0.2) is 0 Å². The van der Waals surface area contributed by atoms with Crippen LogP contribution in [-0.4, -0.2) is 40.2 Å². The molecule has 0 bridgehead atoms. The van der Waals surface area contributed by atoms with Crippen molar-refractivity contribution in [3.8, 4) is 5.88 Å². The first kappa shape index (κ1) is 16.4. The third-order valence-corrected chi connectivity index (χ3v) is 4.23. The van der Waals surface area contributed by atoms with Crippen molar-refractivity contribution in [1.82, 2.24) is 15.1 Å². The van der Waals surface area contributed by atoms with E-state index in [1.807, 2.05) is 49.1 Å². The molecule has 0 saturated carbocycles. The summed E-state index contributed by atoms with van der Waals surface area (Å²) in [6.45, 7) is 5.34. The van der Waals surface area contributed by atoms with Crippen LogP contribution in [-0.2, 0) is 11.2 Å². The maximum absolute atomic E-state index is 12.6. The summed E-state index contributed by atoms with van der Waals surface area (Å²) in [6.07, 6.45) is 2.31. The first-order valence-electron chi connectivity index (χ1n) is 8.40. The Morgan fingerprint density at radius 1 is 1.25 bits per heavy atom. The lowest BCUT2D eigenvalue weighted by Gasteiger charge is -2.32. The van der Waals surface area contributed by atoms with E-state index in [2.05, 4.69) is 16.3 Å². The fraction of sp³-hybridized carbons (Fsp3) is 0.421. The third-order valence-electron chi connectivity index (χ3n) is 4.23. The lowest BCUT2D eigenvalue weighted by molar-refractivity contribution is -0.133. The normalized spacial score (nSPS) is 17.6. The summed E-state index contributed by atoms with van der Waals surface area (Å²) in [4.78, 5) is 14.5. The van der Waals surface area contributed by atoms with E-state index < -0.39 is 0 Å². The van der Waals surface area contributed by atoms with Crippen molar-refractivity contribution >= 4 is 5.91 Å². The Kier molecular flexibility index (Phi) is 5.08. The molecule has 1 aliphatic rings. The molecule has 3 rings (SSSR count). The number of nitrogens with zero attached hydrogens (tertiary/aromatic N) is 3. The van der Waals surface area contributed by atoms with Gasteiger partial charge in [0.05, 0.1) is 18.7 Å². The molecule has 2 aromatic rings. The fourth-order valence-corrected chi connectivity index (χ4v) is 2.99.